The van der Waals surface area contributed by atoms with Gasteiger partial charge >= 0.3 is 5.97 Å². The van der Waals surface area contributed by atoms with Gasteiger partial charge in [0.1, 0.15) is 12.2 Å². The van der Waals surface area contributed by atoms with Gasteiger partial charge in [-0.1, -0.05) is 0 Å². The van der Waals surface area contributed by atoms with Crippen LogP contribution in [0.15, 0.2) is 30.9 Å². The first-order valence-corrected chi connectivity index (χ1v) is 11.4. The molecule has 0 spiro atoms. The molecule has 2 unspecified atom stereocenters. The summed E-state index contributed by atoms with van der Waals surface area (Å²) in [7, 11) is 0. The number of esters is 1. The predicted octanol–water partition coefficient (Wildman–Crippen LogP) is 3.76. The Bertz CT molecular complexity index is 1110. The van der Waals surface area contributed by atoms with Crippen molar-refractivity contribution in [2.24, 2.45) is 23.2 Å². The van der Waals surface area contributed by atoms with Gasteiger partial charge in [0.25, 0.3) is 0 Å². The molecule has 2 atom stereocenters. The van der Waals surface area contributed by atoms with Gasteiger partial charge in [-0.15, -0.1) is 0 Å². The van der Waals surface area contributed by atoms with E-state index in [9.17, 15) is 4.79 Å². The SMILES string of the molecule is CCOC(=O)Cn1cc(Nc2ncc3ccn(CC45CC6CC(C4)C(C6)C5)c3n2)cn1. The molecule has 31 heavy (non-hydrogen) atoms. The van der Waals surface area contributed by atoms with E-state index in [1.807, 2.05) is 6.20 Å². The van der Waals surface area contributed by atoms with Crippen LogP contribution in [0.5, 0.6) is 0 Å². The average molecular weight is 421 g/mol. The third kappa shape index (κ3) is 3.38. The molecule has 3 heterocycles. The van der Waals surface area contributed by atoms with Crippen molar-refractivity contribution in [2.75, 3.05) is 11.9 Å². The number of anilines is 2. The van der Waals surface area contributed by atoms with Crippen molar-refractivity contribution in [3.05, 3.63) is 30.9 Å². The number of carbonyl (C=O) groups excluding carboxylic acids is 1. The highest BCUT2D eigenvalue weighted by Gasteiger charge is 2.55. The van der Waals surface area contributed by atoms with Gasteiger partial charge in [0.15, 0.2) is 0 Å². The lowest BCUT2D eigenvalue weighted by Crippen LogP contribution is -2.31. The molecule has 0 aliphatic heterocycles. The minimum atomic E-state index is -0.304. The van der Waals surface area contributed by atoms with E-state index in [1.54, 1.807) is 24.0 Å². The van der Waals surface area contributed by atoms with Crippen molar-refractivity contribution >= 4 is 28.6 Å². The van der Waals surface area contributed by atoms with E-state index >= 15 is 0 Å². The lowest BCUT2D eigenvalue weighted by Gasteiger charge is -2.38. The molecule has 7 rings (SSSR count). The zero-order valence-electron chi connectivity index (χ0n) is 17.8. The Morgan fingerprint density at radius 2 is 2.10 bits per heavy atom. The Labute approximate surface area is 181 Å². The second kappa shape index (κ2) is 7.07. The van der Waals surface area contributed by atoms with Gasteiger partial charge in [0, 0.05) is 30.5 Å². The Hall–Kier alpha value is -2.90. The summed E-state index contributed by atoms with van der Waals surface area (Å²) in [6, 6.07) is 2.11. The molecule has 3 aromatic heterocycles. The van der Waals surface area contributed by atoms with Crippen LogP contribution in [0.25, 0.3) is 11.0 Å². The second-order valence-electron chi connectivity index (χ2n) is 9.74. The fourth-order valence-corrected chi connectivity index (χ4v) is 6.67. The molecular weight excluding hydrogens is 392 g/mol. The molecule has 4 aliphatic rings. The molecule has 1 N–H and O–H groups in total. The highest BCUT2D eigenvalue weighted by atomic mass is 16.5. The normalized spacial score (nSPS) is 28.5. The molecule has 4 saturated carbocycles. The maximum Gasteiger partial charge on any atom is 0.327 e. The molecule has 0 aromatic carbocycles. The summed E-state index contributed by atoms with van der Waals surface area (Å²) < 4.78 is 8.85. The smallest absolute Gasteiger partial charge is 0.327 e. The number of aromatic nitrogens is 5. The molecule has 3 aromatic rings. The summed E-state index contributed by atoms with van der Waals surface area (Å²) in [6.45, 7) is 3.30. The Morgan fingerprint density at radius 3 is 2.87 bits per heavy atom. The van der Waals surface area contributed by atoms with Crippen LogP contribution in [0.2, 0.25) is 0 Å². The lowest BCUT2D eigenvalue weighted by atomic mass is 9.69. The third-order valence-corrected chi connectivity index (χ3v) is 7.54. The first-order chi connectivity index (χ1) is 15.1. The van der Waals surface area contributed by atoms with Crippen molar-refractivity contribution in [1.29, 1.82) is 0 Å². The third-order valence-electron chi connectivity index (χ3n) is 7.54. The van der Waals surface area contributed by atoms with Crippen LogP contribution in [0.3, 0.4) is 0 Å². The summed E-state index contributed by atoms with van der Waals surface area (Å²) in [5, 5.41) is 8.49. The first kappa shape index (κ1) is 18.8. The fraction of sp³-hybridized carbons (Fsp3) is 0.565. The van der Waals surface area contributed by atoms with Crippen molar-refractivity contribution in [2.45, 2.75) is 52.1 Å². The summed E-state index contributed by atoms with van der Waals surface area (Å²) in [5.41, 5.74) is 2.19. The fourth-order valence-electron chi connectivity index (χ4n) is 6.67. The van der Waals surface area contributed by atoms with E-state index in [1.165, 1.54) is 32.1 Å². The minimum absolute atomic E-state index is 0.0866. The van der Waals surface area contributed by atoms with Gasteiger partial charge in [0.05, 0.1) is 18.5 Å². The molecular formula is C23H28N6O2. The molecule has 8 heteroatoms. The van der Waals surface area contributed by atoms with Gasteiger partial charge in [-0.05, 0) is 68.3 Å². The van der Waals surface area contributed by atoms with Crippen LogP contribution in [0.1, 0.15) is 39.0 Å². The minimum Gasteiger partial charge on any atom is -0.465 e. The molecule has 4 bridgehead atoms. The van der Waals surface area contributed by atoms with Crippen LogP contribution in [-0.4, -0.2) is 36.9 Å². The van der Waals surface area contributed by atoms with E-state index < -0.39 is 0 Å². The average Bonchev–Trinajstić information content (AvgIpc) is 3.45. The monoisotopic (exact) mass is 420 g/mol. The van der Waals surface area contributed by atoms with Gasteiger partial charge in [-0.2, -0.15) is 10.1 Å². The number of hydrogen-bond acceptors (Lipinski definition) is 6. The highest BCUT2D eigenvalue weighted by Crippen LogP contribution is 2.64. The van der Waals surface area contributed by atoms with Gasteiger partial charge < -0.3 is 14.6 Å². The van der Waals surface area contributed by atoms with Crippen molar-refractivity contribution in [1.82, 2.24) is 24.3 Å². The Balaban J connectivity index is 1.20. The second-order valence-corrected chi connectivity index (χ2v) is 9.74. The predicted molar refractivity (Wildman–Crippen MR) is 116 cm³/mol. The van der Waals surface area contributed by atoms with Crippen LogP contribution >= 0.6 is 0 Å². The highest BCUT2D eigenvalue weighted by molar-refractivity contribution is 5.76. The molecule has 0 amide bonds. The van der Waals surface area contributed by atoms with E-state index in [2.05, 4.69) is 32.2 Å². The summed E-state index contributed by atoms with van der Waals surface area (Å²) >= 11 is 0. The summed E-state index contributed by atoms with van der Waals surface area (Å²) in [4.78, 5) is 20.9. The molecule has 4 aliphatic carbocycles. The molecule has 0 saturated heterocycles. The zero-order chi connectivity index (χ0) is 21.0. The Morgan fingerprint density at radius 1 is 1.26 bits per heavy atom. The maximum atomic E-state index is 11.6. The summed E-state index contributed by atoms with van der Waals surface area (Å²) in [5.74, 6) is 3.13. The number of nitrogens with one attached hydrogen (secondary N) is 1. The topological polar surface area (TPSA) is 86.9 Å². The number of hydrogen-bond donors (Lipinski definition) is 1. The van der Waals surface area contributed by atoms with Crippen LogP contribution < -0.4 is 5.32 Å². The van der Waals surface area contributed by atoms with E-state index in [4.69, 9.17) is 9.72 Å². The number of nitrogens with zero attached hydrogens (tertiary/aromatic N) is 5. The van der Waals surface area contributed by atoms with Gasteiger partial charge in [-0.25, -0.2) is 4.98 Å². The zero-order valence-corrected chi connectivity index (χ0v) is 17.8. The molecule has 0 radical (unpaired) electrons. The van der Waals surface area contributed by atoms with Crippen molar-refractivity contribution in [3.63, 3.8) is 0 Å². The van der Waals surface area contributed by atoms with Gasteiger partial charge in [0.2, 0.25) is 5.95 Å². The quantitative estimate of drug-likeness (QED) is 0.586. The van der Waals surface area contributed by atoms with Crippen LogP contribution in [-0.2, 0) is 22.6 Å². The standard InChI is InChI=1S/C23H28N6O2/c1-2-31-20(30)13-29-12-19(11-25-29)26-22-24-10-16-3-4-28(21(16)27-22)14-23-7-15-5-17(8-23)18(6-15)9-23/h3-4,10-12,15,17-18H,2,5-9,13-14H2,1H3,(H,24,26,27). The summed E-state index contributed by atoms with van der Waals surface area (Å²) in [6.07, 6.45) is 14.6. The lowest BCUT2D eigenvalue weighted by molar-refractivity contribution is -0.144. The Kier molecular flexibility index (Phi) is 4.30. The van der Waals surface area contributed by atoms with E-state index in [0.29, 0.717) is 18.0 Å². The number of ether oxygens (including phenoxy) is 1. The maximum absolute atomic E-state index is 11.6. The van der Waals surface area contributed by atoms with Crippen LogP contribution in [0, 0.1) is 23.2 Å². The van der Waals surface area contributed by atoms with Crippen molar-refractivity contribution in [3.8, 4) is 0 Å². The number of fused-ring (bicyclic) bond motifs is 1. The number of rotatable bonds is 7. The molecule has 162 valence electrons. The molecule has 8 nitrogen and oxygen atoms in total. The first-order valence-electron chi connectivity index (χ1n) is 11.4. The van der Waals surface area contributed by atoms with E-state index in [-0.39, 0.29) is 12.5 Å². The van der Waals surface area contributed by atoms with Crippen LogP contribution in [0.4, 0.5) is 11.6 Å². The largest absolute Gasteiger partial charge is 0.465 e. The van der Waals surface area contributed by atoms with Crippen molar-refractivity contribution < 1.29 is 9.53 Å². The van der Waals surface area contributed by atoms with E-state index in [0.717, 1.165) is 41.0 Å². The molecule has 4 fully saturated rings. The van der Waals surface area contributed by atoms with Gasteiger partial charge in [-0.3, -0.25) is 9.48 Å². The number of carbonyl (C=O) groups is 1.